The summed E-state index contributed by atoms with van der Waals surface area (Å²) in [6.45, 7) is 9.39. The molecule has 1 aliphatic heterocycles. The third-order valence-corrected chi connectivity index (χ3v) is 4.96. The summed E-state index contributed by atoms with van der Waals surface area (Å²) in [6.07, 6.45) is 1.18. The van der Waals surface area contributed by atoms with E-state index in [0.29, 0.717) is 17.9 Å². The number of rotatable bonds is 4. The van der Waals surface area contributed by atoms with E-state index >= 15 is 0 Å². The largest absolute Gasteiger partial charge is 0.496 e. The number of benzene rings is 1. The normalized spacial score (nSPS) is 19.8. The standard InChI is InChI=1S/C17H24BrNO2/c1-17(2,3)13-7-8-19(10-13)11-15(20)12-5-6-16(21-4)14(18)9-12/h5-6,9,13H,7-8,10-11H2,1-4H3. The summed E-state index contributed by atoms with van der Waals surface area (Å²) in [5.74, 6) is 1.60. The van der Waals surface area contributed by atoms with Gasteiger partial charge in [-0.25, -0.2) is 0 Å². The molecule has 1 atom stereocenters. The highest BCUT2D eigenvalue weighted by Crippen LogP contribution is 2.33. The van der Waals surface area contributed by atoms with Gasteiger partial charge in [0.2, 0.25) is 0 Å². The van der Waals surface area contributed by atoms with E-state index in [1.54, 1.807) is 7.11 Å². The average Bonchev–Trinajstić information content (AvgIpc) is 2.87. The van der Waals surface area contributed by atoms with E-state index in [4.69, 9.17) is 4.74 Å². The van der Waals surface area contributed by atoms with Gasteiger partial charge in [0.05, 0.1) is 18.1 Å². The zero-order chi connectivity index (χ0) is 15.6. The minimum absolute atomic E-state index is 0.174. The number of likely N-dealkylation sites (tertiary alicyclic amines) is 1. The van der Waals surface area contributed by atoms with Crippen LogP contribution >= 0.6 is 15.9 Å². The average molecular weight is 354 g/mol. The topological polar surface area (TPSA) is 29.5 Å². The van der Waals surface area contributed by atoms with Gasteiger partial charge in [-0.3, -0.25) is 9.69 Å². The maximum absolute atomic E-state index is 12.4. The lowest BCUT2D eigenvalue weighted by Crippen LogP contribution is -2.30. The van der Waals surface area contributed by atoms with Crippen molar-refractivity contribution in [3.05, 3.63) is 28.2 Å². The third-order valence-electron chi connectivity index (χ3n) is 4.34. The number of halogens is 1. The van der Waals surface area contributed by atoms with Crippen LogP contribution < -0.4 is 4.74 Å². The fourth-order valence-electron chi connectivity index (χ4n) is 2.82. The van der Waals surface area contributed by atoms with E-state index in [0.717, 1.165) is 28.9 Å². The van der Waals surface area contributed by atoms with Crippen molar-refractivity contribution in [1.82, 2.24) is 4.90 Å². The van der Waals surface area contributed by atoms with Gasteiger partial charge in [0.25, 0.3) is 0 Å². The summed E-state index contributed by atoms with van der Waals surface area (Å²) < 4.78 is 6.02. The molecule has 0 aromatic heterocycles. The van der Waals surface area contributed by atoms with Crippen LogP contribution in [0.1, 0.15) is 37.6 Å². The summed E-state index contributed by atoms with van der Waals surface area (Å²) in [6, 6.07) is 5.51. The first kappa shape index (κ1) is 16.5. The smallest absolute Gasteiger partial charge is 0.176 e. The minimum Gasteiger partial charge on any atom is -0.496 e. The molecule has 0 saturated carbocycles. The van der Waals surface area contributed by atoms with E-state index in [2.05, 4.69) is 41.6 Å². The van der Waals surface area contributed by atoms with Crippen molar-refractivity contribution >= 4 is 21.7 Å². The number of ketones is 1. The maximum atomic E-state index is 12.4. The van der Waals surface area contributed by atoms with Gasteiger partial charge in [0, 0.05) is 12.1 Å². The van der Waals surface area contributed by atoms with Crippen molar-refractivity contribution in [1.29, 1.82) is 0 Å². The van der Waals surface area contributed by atoms with E-state index < -0.39 is 0 Å². The van der Waals surface area contributed by atoms with Gasteiger partial charge in [-0.15, -0.1) is 0 Å². The molecule has 4 heteroatoms. The molecule has 2 rings (SSSR count). The molecule has 0 aliphatic carbocycles. The van der Waals surface area contributed by atoms with Gasteiger partial charge in [0.1, 0.15) is 5.75 Å². The predicted molar refractivity (Wildman–Crippen MR) is 89.0 cm³/mol. The second-order valence-corrected chi connectivity index (χ2v) is 7.71. The van der Waals surface area contributed by atoms with E-state index in [-0.39, 0.29) is 5.78 Å². The van der Waals surface area contributed by atoms with E-state index in [1.807, 2.05) is 18.2 Å². The molecule has 0 amide bonds. The number of ether oxygens (including phenoxy) is 1. The van der Waals surface area contributed by atoms with Crippen molar-refractivity contribution in [2.75, 3.05) is 26.7 Å². The highest BCUT2D eigenvalue weighted by atomic mass is 79.9. The summed E-state index contributed by atoms with van der Waals surface area (Å²) in [7, 11) is 1.62. The molecular weight excluding hydrogens is 330 g/mol. The van der Waals surface area contributed by atoms with Crippen LogP contribution in [0, 0.1) is 11.3 Å². The number of Topliss-reactive ketones (excluding diaryl/α,β-unsaturated/α-hetero) is 1. The van der Waals surface area contributed by atoms with Crippen LogP contribution in [-0.4, -0.2) is 37.4 Å². The third kappa shape index (κ3) is 4.07. The van der Waals surface area contributed by atoms with Crippen molar-refractivity contribution < 1.29 is 9.53 Å². The first-order valence-electron chi connectivity index (χ1n) is 7.40. The molecule has 3 nitrogen and oxygen atoms in total. The second-order valence-electron chi connectivity index (χ2n) is 6.86. The Bertz CT molecular complexity index is 522. The van der Waals surface area contributed by atoms with Crippen LogP contribution in [0.3, 0.4) is 0 Å². The van der Waals surface area contributed by atoms with Crippen LogP contribution in [0.4, 0.5) is 0 Å². The molecule has 21 heavy (non-hydrogen) atoms. The number of carbonyl (C=O) groups is 1. The molecule has 1 heterocycles. The Labute approximate surface area is 135 Å². The van der Waals surface area contributed by atoms with Gasteiger partial charge in [-0.2, -0.15) is 0 Å². The molecule has 1 aliphatic rings. The molecule has 0 bridgehead atoms. The molecule has 1 fully saturated rings. The lowest BCUT2D eigenvalue weighted by atomic mass is 9.80. The molecular formula is C17H24BrNO2. The van der Waals surface area contributed by atoms with Crippen LogP contribution in [0.15, 0.2) is 22.7 Å². The zero-order valence-corrected chi connectivity index (χ0v) is 14.9. The van der Waals surface area contributed by atoms with Crippen LogP contribution in [-0.2, 0) is 0 Å². The monoisotopic (exact) mass is 353 g/mol. The van der Waals surface area contributed by atoms with Crippen LogP contribution in [0.5, 0.6) is 5.75 Å². The van der Waals surface area contributed by atoms with Gasteiger partial charge in [-0.1, -0.05) is 20.8 Å². The molecule has 0 spiro atoms. The molecule has 116 valence electrons. The van der Waals surface area contributed by atoms with Crippen LogP contribution in [0.25, 0.3) is 0 Å². The highest BCUT2D eigenvalue weighted by Gasteiger charge is 2.32. The Morgan fingerprint density at radius 3 is 2.67 bits per heavy atom. The Hall–Kier alpha value is -0.870. The first-order valence-corrected chi connectivity index (χ1v) is 8.19. The number of nitrogens with zero attached hydrogens (tertiary/aromatic N) is 1. The highest BCUT2D eigenvalue weighted by molar-refractivity contribution is 9.10. The summed E-state index contributed by atoms with van der Waals surface area (Å²) in [5.41, 5.74) is 1.06. The molecule has 0 radical (unpaired) electrons. The molecule has 0 N–H and O–H groups in total. The predicted octanol–water partition coefficient (Wildman–Crippen LogP) is 4.01. The van der Waals surface area contributed by atoms with Gasteiger partial charge < -0.3 is 4.74 Å². The fraction of sp³-hybridized carbons (Fsp3) is 0.588. The van der Waals surface area contributed by atoms with Crippen molar-refractivity contribution in [3.63, 3.8) is 0 Å². The number of hydrogen-bond donors (Lipinski definition) is 0. The lowest BCUT2D eigenvalue weighted by molar-refractivity contribution is 0.0938. The number of carbonyl (C=O) groups excluding carboxylic acids is 1. The van der Waals surface area contributed by atoms with Crippen molar-refractivity contribution in [3.8, 4) is 5.75 Å². The zero-order valence-electron chi connectivity index (χ0n) is 13.3. The fourth-order valence-corrected chi connectivity index (χ4v) is 3.36. The second kappa shape index (κ2) is 6.49. The molecule has 1 aromatic rings. The Morgan fingerprint density at radius 2 is 2.14 bits per heavy atom. The van der Waals surface area contributed by atoms with E-state index in [1.165, 1.54) is 6.42 Å². The Balaban J connectivity index is 1.98. The summed E-state index contributed by atoms with van der Waals surface area (Å²) >= 11 is 3.43. The van der Waals surface area contributed by atoms with Crippen LogP contribution in [0.2, 0.25) is 0 Å². The SMILES string of the molecule is COc1ccc(C(=O)CN2CCC(C(C)(C)C)C2)cc1Br. The van der Waals surface area contributed by atoms with Gasteiger partial charge in [-0.05, 0) is 58.4 Å². The Morgan fingerprint density at radius 1 is 1.43 bits per heavy atom. The summed E-state index contributed by atoms with van der Waals surface area (Å²) in [4.78, 5) is 14.7. The maximum Gasteiger partial charge on any atom is 0.176 e. The minimum atomic E-state index is 0.174. The summed E-state index contributed by atoms with van der Waals surface area (Å²) in [5, 5.41) is 0. The number of methoxy groups -OCH3 is 1. The molecule has 1 saturated heterocycles. The number of hydrogen-bond acceptors (Lipinski definition) is 3. The molecule has 1 unspecified atom stereocenters. The van der Waals surface area contributed by atoms with E-state index in [9.17, 15) is 4.79 Å². The van der Waals surface area contributed by atoms with Crippen molar-refractivity contribution in [2.45, 2.75) is 27.2 Å². The Kier molecular flexibility index (Phi) is 5.10. The first-order chi connectivity index (χ1) is 9.81. The molecule has 1 aromatic carbocycles. The van der Waals surface area contributed by atoms with Gasteiger partial charge in [0.15, 0.2) is 5.78 Å². The van der Waals surface area contributed by atoms with Crippen molar-refractivity contribution in [2.24, 2.45) is 11.3 Å². The quantitative estimate of drug-likeness (QED) is 0.766. The van der Waals surface area contributed by atoms with Gasteiger partial charge >= 0.3 is 0 Å². The lowest BCUT2D eigenvalue weighted by Gasteiger charge is -2.27.